The van der Waals surface area contributed by atoms with E-state index in [-0.39, 0.29) is 11.0 Å². The summed E-state index contributed by atoms with van der Waals surface area (Å²) in [5.74, 6) is -0.771. The monoisotopic (exact) mass is 341 g/mol. The SMILES string of the molecule is CCCCC(C)OC(=O)C(C(C)N)S(=O)(=O)c1ccccc1C. The smallest absolute Gasteiger partial charge is 0.326 e. The maximum Gasteiger partial charge on any atom is 0.326 e. The number of rotatable bonds is 8. The van der Waals surface area contributed by atoms with Gasteiger partial charge < -0.3 is 10.5 Å². The predicted molar refractivity (Wildman–Crippen MR) is 90.9 cm³/mol. The molecule has 2 N–H and O–H groups in total. The first-order chi connectivity index (χ1) is 10.7. The van der Waals surface area contributed by atoms with Crippen molar-refractivity contribution in [1.29, 1.82) is 0 Å². The predicted octanol–water partition coefficient (Wildman–Crippen LogP) is 2.61. The van der Waals surface area contributed by atoms with Gasteiger partial charge in [-0.15, -0.1) is 0 Å². The van der Waals surface area contributed by atoms with E-state index in [0.717, 1.165) is 12.8 Å². The number of benzene rings is 1. The highest BCUT2D eigenvalue weighted by Gasteiger charge is 2.39. The standard InChI is InChI=1S/C17H27NO4S/c1-5-6-10-13(3)22-17(19)16(14(4)18)23(20,21)15-11-8-7-9-12(15)2/h7-9,11,13-14,16H,5-6,10,18H2,1-4H3. The molecule has 130 valence electrons. The highest BCUT2D eigenvalue weighted by Crippen LogP contribution is 2.23. The van der Waals surface area contributed by atoms with Gasteiger partial charge in [0.05, 0.1) is 11.0 Å². The molecule has 1 rings (SSSR count). The van der Waals surface area contributed by atoms with E-state index in [4.69, 9.17) is 10.5 Å². The highest BCUT2D eigenvalue weighted by molar-refractivity contribution is 7.93. The van der Waals surface area contributed by atoms with E-state index in [9.17, 15) is 13.2 Å². The molecule has 0 heterocycles. The van der Waals surface area contributed by atoms with Crippen LogP contribution in [0.25, 0.3) is 0 Å². The van der Waals surface area contributed by atoms with Crippen molar-refractivity contribution >= 4 is 15.8 Å². The van der Waals surface area contributed by atoms with Crippen LogP contribution in [0.3, 0.4) is 0 Å². The molecule has 0 aliphatic heterocycles. The number of aryl methyl sites for hydroxylation is 1. The Bertz CT molecular complexity index is 625. The van der Waals surface area contributed by atoms with Crippen LogP contribution in [0.4, 0.5) is 0 Å². The van der Waals surface area contributed by atoms with Gasteiger partial charge in [0.1, 0.15) is 0 Å². The summed E-state index contributed by atoms with van der Waals surface area (Å²) in [6, 6.07) is 5.72. The minimum absolute atomic E-state index is 0.125. The van der Waals surface area contributed by atoms with Gasteiger partial charge in [-0.2, -0.15) is 0 Å². The largest absolute Gasteiger partial charge is 0.462 e. The van der Waals surface area contributed by atoms with Crippen LogP contribution in [0, 0.1) is 6.92 Å². The van der Waals surface area contributed by atoms with Crippen molar-refractivity contribution in [3.63, 3.8) is 0 Å². The average Bonchev–Trinajstić information content (AvgIpc) is 2.44. The summed E-state index contributed by atoms with van der Waals surface area (Å²) in [5, 5.41) is -1.40. The summed E-state index contributed by atoms with van der Waals surface area (Å²) < 4.78 is 31.0. The van der Waals surface area contributed by atoms with Gasteiger partial charge in [0, 0.05) is 6.04 Å². The Kier molecular flexibility index (Phi) is 7.22. The number of carbonyl (C=O) groups excluding carboxylic acids is 1. The minimum atomic E-state index is -3.90. The maximum atomic E-state index is 12.9. The maximum absolute atomic E-state index is 12.9. The molecule has 23 heavy (non-hydrogen) atoms. The van der Waals surface area contributed by atoms with Gasteiger partial charge in [-0.3, -0.25) is 4.79 Å². The molecule has 0 saturated carbocycles. The van der Waals surface area contributed by atoms with Crippen molar-refractivity contribution in [3.8, 4) is 0 Å². The molecule has 0 bridgehead atoms. The molecular weight excluding hydrogens is 314 g/mol. The topological polar surface area (TPSA) is 86.5 Å². The lowest BCUT2D eigenvalue weighted by Crippen LogP contribution is -2.46. The van der Waals surface area contributed by atoms with Crippen molar-refractivity contribution in [2.75, 3.05) is 0 Å². The molecule has 6 heteroatoms. The van der Waals surface area contributed by atoms with E-state index >= 15 is 0 Å². The summed E-state index contributed by atoms with van der Waals surface area (Å²) in [5.41, 5.74) is 6.39. The Hall–Kier alpha value is -1.40. The lowest BCUT2D eigenvalue weighted by molar-refractivity contribution is -0.148. The molecule has 0 aromatic heterocycles. The number of hydrogen-bond acceptors (Lipinski definition) is 5. The Balaban J connectivity index is 3.06. The summed E-state index contributed by atoms with van der Waals surface area (Å²) >= 11 is 0. The van der Waals surface area contributed by atoms with Gasteiger partial charge in [0.2, 0.25) is 0 Å². The fraction of sp³-hybridized carbons (Fsp3) is 0.588. The molecule has 3 atom stereocenters. The molecule has 0 fully saturated rings. The van der Waals surface area contributed by atoms with E-state index in [1.165, 1.54) is 13.0 Å². The Morgan fingerprint density at radius 3 is 2.39 bits per heavy atom. The fourth-order valence-electron chi connectivity index (χ4n) is 2.45. The summed E-state index contributed by atoms with van der Waals surface area (Å²) in [6.07, 6.45) is 2.29. The third-order valence-corrected chi connectivity index (χ3v) is 6.09. The molecule has 1 aromatic rings. The summed E-state index contributed by atoms with van der Waals surface area (Å²) in [4.78, 5) is 12.5. The Morgan fingerprint density at radius 1 is 1.26 bits per heavy atom. The van der Waals surface area contributed by atoms with Crippen molar-refractivity contribution in [2.45, 2.75) is 69.2 Å². The van der Waals surface area contributed by atoms with Crippen molar-refractivity contribution in [1.82, 2.24) is 0 Å². The molecule has 0 amide bonds. The van der Waals surface area contributed by atoms with Crippen LogP contribution < -0.4 is 5.73 Å². The normalized spacial score (nSPS) is 15.7. The number of ether oxygens (including phenoxy) is 1. The Labute approximate surface area is 139 Å². The molecule has 3 unspecified atom stereocenters. The third kappa shape index (κ3) is 5.04. The van der Waals surface area contributed by atoms with Crippen LogP contribution in [0.5, 0.6) is 0 Å². The molecule has 0 saturated heterocycles. The highest BCUT2D eigenvalue weighted by atomic mass is 32.2. The molecule has 0 aliphatic carbocycles. The van der Waals surface area contributed by atoms with Crippen LogP contribution in [0.1, 0.15) is 45.6 Å². The van der Waals surface area contributed by atoms with Crippen LogP contribution in [-0.4, -0.2) is 31.8 Å². The van der Waals surface area contributed by atoms with Crippen LogP contribution >= 0.6 is 0 Å². The number of sulfone groups is 1. The van der Waals surface area contributed by atoms with E-state index < -0.39 is 27.1 Å². The lowest BCUT2D eigenvalue weighted by atomic mass is 10.2. The van der Waals surface area contributed by atoms with E-state index in [1.807, 2.05) is 6.92 Å². The van der Waals surface area contributed by atoms with Crippen LogP contribution in [0.2, 0.25) is 0 Å². The second kappa shape index (κ2) is 8.45. The quantitative estimate of drug-likeness (QED) is 0.735. The molecule has 1 aromatic carbocycles. The minimum Gasteiger partial charge on any atom is -0.462 e. The average molecular weight is 341 g/mol. The zero-order valence-electron chi connectivity index (χ0n) is 14.3. The van der Waals surface area contributed by atoms with Crippen molar-refractivity contribution in [2.24, 2.45) is 5.73 Å². The number of esters is 1. The molecule has 0 spiro atoms. The van der Waals surface area contributed by atoms with Gasteiger partial charge in [-0.1, -0.05) is 38.0 Å². The first-order valence-electron chi connectivity index (χ1n) is 7.97. The van der Waals surface area contributed by atoms with Crippen LogP contribution in [0.15, 0.2) is 29.2 Å². The first-order valence-corrected chi connectivity index (χ1v) is 9.52. The first kappa shape index (κ1) is 19.6. The van der Waals surface area contributed by atoms with E-state index in [1.54, 1.807) is 32.0 Å². The van der Waals surface area contributed by atoms with Gasteiger partial charge in [-0.05, 0) is 38.8 Å². The fourth-order valence-corrected chi connectivity index (χ4v) is 4.38. The zero-order valence-corrected chi connectivity index (χ0v) is 15.1. The summed E-state index contributed by atoms with van der Waals surface area (Å²) in [6.45, 7) is 7.02. The number of unbranched alkanes of at least 4 members (excludes halogenated alkanes) is 1. The molecule has 0 radical (unpaired) electrons. The Morgan fingerprint density at radius 2 is 1.87 bits per heavy atom. The van der Waals surface area contributed by atoms with Gasteiger partial charge in [0.25, 0.3) is 0 Å². The molecule has 5 nitrogen and oxygen atoms in total. The van der Waals surface area contributed by atoms with Gasteiger partial charge >= 0.3 is 5.97 Å². The third-order valence-electron chi connectivity index (χ3n) is 3.73. The zero-order chi connectivity index (χ0) is 17.6. The van der Waals surface area contributed by atoms with Crippen molar-refractivity contribution in [3.05, 3.63) is 29.8 Å². The lowest BCUT2D eigenvalue weighted by Gasteiger charge is -2.23. The second-order valence-corrected chi connectivity index (χ2v) is 8.02. The van der Waals surface area contributed by atoms with E-state index in [0.29, 0.717) is 12.0 Å². The van der Waals surface area contributed by atoms with Gasteiger partial charge in [-0.25, -0.2) is 8.42 Å². The molecule has 0 aliphatic rings. The number of nitrogens with two attached hydrogens (primary N) is 1. The number of hydrogen-bond donors (Lipinski definition) is 1. The molecular formula is C17H27NO4S. The number of carbonyl (C=O) groups is 1. The van der Waals surface area contributed by atoms with Crippen LogP contribution in [-0.2, 0) is 19.4 Å². The van der Waals surface area contributed by atoms with Crippen molar-refractivity contribution < 1.29 is 17.9 Å². The summed E-state index contributed by atoms with van der Waals surface area (Å²) in [7, 11) is -3.90. The van der Waals surface area contributed by atoms with E-state index in [2.05, 4.69) is 0 Å². The van der Waals surface area contributed by atoms with Gasteiger partial charge in [0.15, 0.2) is 15.1 Å². The second-order valence-electron chi connectivity index (χ2n) is 5.98.